The van der Waals surface area contributed by atoms with Crippen molar-refractivity contribution >= 4 is 23.4 Å². The number of carbonyl (C=O) groups is 2. The third-order valence-electron chi connectivity index (χ3n) is 6.16. The van der Waals surface area contributed by atoms with Crippen LogP contribution in [0.3, 0.4) is 0 Å². The zero-order valence-electron chi connectivity index (χ0n) is 20.6. The first-order chi connectivity index (χ1) is 15.9. The molecule has 2 aromatic rings. The second-order valence-corrected chi connectivity index (χ2v) is 11.1. The van der Waals surface area contributed by atoms with Crippen LogP contribution in [0.15, 0.2) is 29.8 Å². The third-order valence-corrected chi connectivity index (χ3v) is 7.01. The molecule has 34 heavy (non-hydrogen) atoms. The predicted octanol–water partition coefficient (Wildman–Crippen LogP) is 5.08. The van der Waals surface area contributed by atoms with Crippen molar-refractivity contribution in [2.45, 2.75) is 64.6 Å². The summed E-state index contributed by atoms with van der Waals surface area (Å²) in [6.45, 7) is 9.84. The van der Waals surface area contributed by atoms with Gasteiger partial charge in [-0.05, 0) is 29.0 Å². The van der Waals surface area contributed by atoms with Gasteiger partial charge in [0.2, 0.25) is 0 Å². The van der Waals surface area contributed by atoms with Crippen molar-refractivity contribution < 1.29 is 29.3 Å². The number of aliphatic hydroxyl groups excluding tert-OH is 1. The molecule has 3 atom stereocenters. The lowest BCUT2D eigenvalue weighted by Gasteiger charge is -2.40. The van der Waals surface area contributed by atoms with Gasteiger partial charge in [-0.1, -0.05) is 40.7 Å². The van der Waals surface area contributed by atoms with Crippen molar-refractivity contribution in [3.05, 3.63) is 45.9 Å². The molecule has 3 rings (SSSR count). The summed E-state index contributed by atoms with van der Waals surface area (Å²) in [5.41, 5.74) is -0.323. The second-order valence-electron chi connectivity index (χ2n) is 10.2. The molecule has 1 fully saturated rings. The summed E-state index contributed by atoms with van der Waals surface area (Å²) in [5.74, 6) is -0.210. The highest BCUT2D eigenvalue weighted by atomic mass is 32.1. The maximum absolute atomic E-state index is 14.1. The molecule has 1 aliphatic rings. The summed E-state index contributed by atoms with van der Waals surface area (Å²) in [5, 5.41) is 22.3. The molecule has 1 aliphatic heterocycles. The Morgan fingerprint density at radius 2 is 2.03 bits per heavy atom. The van der Waals surface area contributed by atoms with E-state index in [1.54, 1.807) is 30.8 Å². The van der Waals surface area contributed by atoms with Crippen LogP contribution in [0.2, 0.25) is 0 Å². The SMILES string of the molecule is COc1cc(C(=O)N2[C@@H](c3nccs3)[C@H](CO)C[C@]2(CC(C)C)OC(=O)O)ccc1C(C)(C)C. The Morgan fingerprint density at radius 3 is 2.53 bits per heavy atom. The first-order valence-electron chi connectivity index (χ1n) is 11.4. The maximum atomic E-state index is 14.1. The zero-order valence-corrected chi connectivity index (χ0v) is 21.4. The number of hydrogen-bond donors (Lipinski definition) is 2. The smallest absolute Gasteiger partial charge is 0.496 e. The summed E-state index contributed by atoms with van der Waals surface area (Å²) in [6, 6.07) is 4.67. The van der Waals surface area contributed by atoms with Crippen LogP contribution >= 0.6 is 11.3 Å². The van der Waals surface area contributed by atoms with Crippen molar-refractivity contribution in [3.8, 4) is 5.75 Å². The molecule has 1 aromatic carbocycles. The summed E-state index contributed by atoms with van der Waals surface area (Å²) in [4.78, 5) is 31.9. The van der Waals surface area contributed by atoms with E-state index in [9.17, 15) is 19.8 Å². The molecule has 9 heteroatoms. The predicted molar refractivity (Wildman–Crippen MR) is 129 cm³/mol. The quantitative estimate of drug-likeness (QED) is 0.521. The van der Waals surface area contributed by atoms with Crippen molar-refractivity contribution in [1.29, 1.82) is 0 Å². The Bertz CT molecular complexity index is 1020. The minimum Gasteiger partial charge on any atom is -0.496 e. The molecule has 0 bridgehead atoms. The van der Waals surface area contributed by atoms with Crippen molar-refractivity contribution in [2.24, 2.45) is 11.8 Å². The number of hydrogen-bond acceptors (Lipinski definition) is 7. The lowest BCUT2D eigenvalue weighted by atomic mass is 9.85. The van der Waals surface area contributed by atoms with Crippen LogP contribution in [0.25, 0.3) is 0 Å². The number of rotatable bonds is 7. The van der Waals surface area contributed by atoms with Crippen LogP contribution in [0.1, 0.15) is 74.4 Å². The molecule has 1 aromatic heterocycles. The van der Waals surface area contributed by atoms with E-state index in [1.807, 2.05) is 19.9 Å². The number of carbonyl (C=O) groups excluding carboxylic acids is 1. The van der Waals surface area contributed by atoms with Crippen LogP contribution < -0.4 is 4.74 Å². The van der Waals surface area contributed by atoms with E-state index >= 15 is 0 Å². The number of aromatic nitrogens is 1. The van der Waals surface area contributed by atoms with E-state index in [-0.39, 0.29) is 24.4 Å². The van der Waals surface area contributed by atoms with Crippen LogP contribution in [0.4, 0.5) is 4.79 Å². The first-order valence-corrected chi connectivity index (χ1v) is 12.3. The monoisotopic (exact) mass is 490 g/mol. The molecule has 186 valence electrons. The summed E-state index contributed by atoms with van der Waals surface area (Å²) < 4.78 is 11.1. The number of ether oxygens (including phenoxy) is 2. The number of benzene rings is 1. The maximum Gasteiger partial charge on any atom is 0.507 e. The Balaban J connectivity index is 2.19. The average molecular weight is 491 g/mol. The summed E-state index contributed by atoms with van der Waals surface area (Å²) >= 11 is 1.36. The van der Waals surface area contributed by atoms with E-state index in [4.69, 9.17) is 9.47 Å². The van der Waals surface area contributed by atoms with Crippen LogP contribution in [-0.4, -0.2) is 51.6 Å². The first kappa shape index (κ1) is 26.0. The fraction of sp³-hybridized carbons (Fsp3) is 0.560. The van der Waals surface area contributed by atoms with E-state index in [2.05, 4.69) is 25.8 Å². The number of carboxylic acid groups (broad SMARTS) is 1. The summed E-state index contributed by atoms with van der Waals surface area (Å²) in [7, 11) is 1.56. The highest BCUT2D eigenvalue weighted by Gasteiger charge is 2.58. The van der Waals surface area contributed by atoms with Gasteiger partial charge in [0, 0.05) is 42.5 Å². The number of nitrogens with zero attached hydrogens (tertiary/aromatic N) is 2. The molecular formula is C25H34N2O6S. The Labute approximate surface area is 204 Å². The normalized spacial score (nSPS) is 22.8. The minimum absolute atomic E-state index is 0.0295. The highest BCUT2D eigenvalue weighted by molar-refractivity contribution is 7.09. The number of aliphatic hydroxyl groups is 1. The van der Waals surface area contributed by atoms with E-state index in [0.717, 1.165) is 5.56 Å². The van der Waals surface area contributed by atoms with E-state index in [1.165, 1.54) is 16.2 Å². The van der Waals surface area contributed by atoms with Gasteiger partial charge in [0.05, 0.1) is 13.2 Å². The van der Waals surface area contributed by atoms with Gasteiger partial charge in [0.1, 0.15) is 10.8 Å². The molecule has 1 saturated heterocycles. The van der Waals surface area contributed by atoms with Crippen LogP contribution in [0, 0.1) is 11.8 Å². The van der Waals surface area contributed by atoms with Gasteiger partial charge in [-0.25, -0.2) is 9.78 Å². The number of thiazole rings is 1. The lowest BCUT2D eigenvalue weighted by molar-refractivity contribution is -0.108. The Morgan fingerprint density at radius 1 is 1.32 bits per heavy atom. The molecule has 0 unspecified atom stereocenters. The Kier molecular flexibility index (Phi) is 7.57. The van der Waals surface area contributed by atoms with Gasteiger partial charge in [-0.2, -0.15) is 0 Å². The zero-order chi connectivity index (χ0) is 25.3. The fourth-order valence-electron chi connectivity index (χ4n) is 4.95. The topological polar surface area (TPSA) is 109 Å². The van der Waals surface area contributed by atoms with Crippen molar-refractivity contribution in [3.63, 3.8) is 0 Å². The Hall–Kier alpha value is -2.65. The van der Waals surface area contributed by atoms with Gasteiger partial charge < -0.3 is 19.7 Å². The van der Waals surface area contributed by atoms with Gasteiger partial charge >= 0.3 is 6.16 Å². The molecule has 8 nitrogen and oxygen atoms in total. The van der Waals surface area contributed by atoms with E-state index < -0.39 is 29.7 Å². The molecular weight excluding hydrogens is 456 g/mol. The second kappa shape index (κ2) is 9.92. The molecule has 0 aliphatic carbocycles. The van der Waals surface area contributed by atoms with Crippen LogP contribution in [0.5, 0.6) is 5.75 Å². The fourth-order valence-corrected chi connectivity index (χ4v) is 5.77. The lowest BCUT2D eigenvalue weighted by Crippen LogP contribution is -2.52. The van der Waals surface area contributed by atoms with Gasteiger partial charge in [-0.3, -0.25) is 9.69 Å². The molecule has 0 saturated carbocycles. The number of amides is 1. The van der Waals surface area contributed by atoms with Gasteiger partial charge in [0.15, 0.2) is 5.72 Å². The van der Waals surface area contributed by atoms with Gasteiger partial charge in [-0.15, -0.1) is 11.3 Å². The minimum atomic E-state index is -1.46. The van der Waals surface area contributed by atoms with Gasteiger partial charge in [0.25, 0.3) is 5.91 Å². The number of likely N-dealkylation sites (tertiary alicyclic amines) is 1. The number of methoxy groups -OCH3 is 1. The molecule has 2 heterocycles. The average Bonchev–Trinajstić information content (AvgIpc) is 3.37. The largest absolute Gasteiger partial charge is 0.507 e. The molecule has 1 amide bonds. The standard InChI is InChI=1S/C25H34N2O6S/c1-15(2)12-25(33-23(30)31)13-17(14-28)20(21-26-9-10-34-21)27(25)22(29)16-7-8-18(24(3,4)5)19(11-16)32-6/h7-11,15,17,20,28H,12-14H2,1-6H3,(H,30,31)/t17-,20+,25-/m0/s1. The molecule has 0 spiro atoms. The van der Waals surface area contributed by atoms with Crippen molar-refractivity contribution in [2.75, 3.05) is 13.7 Å². The molecule has 0 radical (unpaired) electrons. The van der Waals surface area contributed by atoms with E-state index in [0.29, 0.717) is 22.7 Å². The molecule has 2 N–H and O–H groups in total. The third kappa shape index (κ3) is 5.05. The highest BCUT2D eigenvalue weighted by Crippen LogP contribution is 2.51. The summed E-state index contributed by atoms with van der Waals surface area (Å²) in [6.07, 6.45) is 0.649. The van der Waals surface area contributed by atoms with Crippen molar-refractivity contribution in [1.82, 2.24) is 9.88 Å². The van der Waals surface area contributed by atoms with Crippen LogP contribution in [-0.2, 0) is 10.2 Å².